The molecule has 0 spiro atoms. The predicted octanol–water partition coefficient (Wildman–Crippen LogP) is 2.54. The van der Waals surface area contributed by atoms with Crippen LogP contribution in [0.1, 0.15) is 5.56 Å². The van der Waals surface area contributed by atoms with Crippen molar-refractivity contribution in [3.05, 3.63) is 46.3 Å². The van der Waals surface area contributed by atoms with Crippen LogP contribution >= 0.6 is 11.6 Å². The molecule has 2 N–H and O–H groups in total. The largest absolute Gasteiger partial charge is 0.398 e. The maximum Gasteiger partial charge on any atom is 0.0782 e. The van der Waals surface area contributed by atoms with Crippen molar-refractivity contribution < 1.29 is 4.21 Å². The van der Waals surface area contributed by atoms with Gasteiger partial charge in [-0.15, -0.1) is 0 Å². The van der Waals surface area contributed by atoms with Crippen molar-refractivity contribution in [2.75, 3.05) is 5.73 Å². The van der Waals surface area contributed by atoms with Crippen LogP contribution in [0.15, 0.2) is 35.8 Å². The average Bonchev–Trinajstić information content (AvgIpc) is 2.56. The van der Waals surface area contributed by atoms with Crippen molar-refractivity contribution in [3.8, 4) is 0 Å². The topological polar surface area (TPSA) is 43.1 Å². The molecule has 2 nitrogen and oxygen atoms in total. The van der Waals surface area contributed by atoms with E-state index in [4.69, 9.17) is 17.3 Å². The SMILES string of the molecule is Nc1ccc(Cl)cc1C1=CC=CS1=O. The Labute approximate surface area is 89.5 Å². The fourth-order valence-corrected chi connectivity index (χ4v) is 2.42. The van der Waals surface area contributed by atoms with Crippen LogP contribution in [0.25, 0.3) is 4.91 Å². The maximum atomic E-state index is 11.5. The monoisotopic (exact) mass is 225 g/mol. The number of anilines is 1. The molecule has 1 aliphatic heterocycles. The van der Waals surface area contributed by atoms with Crippen LogP contribution < -0.4 is 5.73 Å². The Morgan fingerprint density at radius 2 is 2.14 bits per heavy atom. The number of benzene rings is 1. The molecule has 0 bridgehead atoms. The number of halogens is 1. The third-order valence-electron chi connectivity index (χ3n) is 1.95. The predicted molar refractivity (Wildman–Crippen MR) is 61.1 cm³/mol. The van der Waals surface area contributed by atoms with E-state index in [-0.39, 0.29) is 0 Å². The maximum absolute atomic E-state index is 11.5. The van der Waals surface area contributed by atoms with Gasteiger partial charge in [0.1, 0.15) is 0 Å². The molecule has 1 aliphatic rings. The molecule has 0 amide bonds. The first-order chi connectivity index (χ1) is 6.68. The average molecular weight is 226 g/mol. The van der Waals surface area contributed by atoms with Crippen LogP contribution in [-0.2, 0) is 10.8 Å². The summed E-state index contributed by atoms with van der Waals surface area (Å²) in [6, 6.07) is 5.16. The number of nitrogen functional groups attached to an aromatic ring is 1. The highest BCUT2D eigenvalue weighted by molar-refractivity contribution is 7.97. The molecule has 1 atom stereocenters. The summed E-state index contributed by atoms with van der Waals surface area (Å²) in [5.74, 6) is 0. The Morgan fingerprint density at radius 1 is 1.36 bits per heavy atom. The highest BCUT2D eigenvalue weighted by atomic mass is 35.5. The first-order valence-corrected chi connectivity index (χ1v) is 5.62. The molecule has 0 radical (unpaired) electrons. The zero-order valence-corrected chi connectivity index (χ0v) is 8.81. The summed E-state index contributed by atoms with van der Waals surface area (Å²) in [5.41, 5.74) is 7.12. The van der Waals surface area contributed by atoms with Crippen LogP contribution in [0.2, 0.25) is 5.02 Å². The second-order valence-electron chi connectivity index (χ2n) is 2.89. The standard InChI is InChI=1S/C10H8ClNOS/c11-7-3-4-9(12)8(6-7)10-2-1-5-14(10)13/h1-6H,12H2. The summed E-state index contributed by atoms with van der Waals surface area (Å²) in [7, 11) is -1.09. The van der Waals surface area contributed by atoms with Crippen LogP contribution in [0.3, 0.4) is 0 Å². The van der Waals surface area contributed by atoms with E-state index in [1.807, 2.05) is 0 Å². The van der Waals surface area contributed by atoms with Gasteiger partial charge in [0.05, 0.1) is 15.7 Å². The lowest BCUT2D eigenvalue weighted by Gasteiger charge is -2.05. The van der Waals surface area contributed by atoms with Crippen molar-refractivity contribution in [1.82, 2.24) is 0 Å². The summed E-state index contributed by atoms with van der Waals surface area (Å²) >= 11 is 5.84. The van der Waals surface area contributed by atoms with E-state index in [0.717, 1.165) is 5.56 Å². The molecule has 1 unspecified atom stereocenters. The number of hydrogen-bond acceptors (Lipinski definition) is 2. The molecule has 72 valence electrons. The summed E-state index contributed by atoms with van der Waals surface area (Å²) in [6.45, 7) is 0. The highest BCUT2D eigenvalue weighted by Gasteiger charge is 2.13. The quantitative estimate of drug-likeness (QED) is 0.747. The molecule has 14 heavy (non-hydrogen) atoms. The van der Waals surface area contributed by atoms with Gasteiger partial charge in [0.15, 0.2) is 0 Å². The zero-order chi connectivity index (χ0) is 10.1. The molecule has 1 heterocycles. The summed E-state index contributed by atoms with van der Waals surface area (Å²) in [6.07, 6.45) is 3.55. The molecule has 0 saturated carbocycles. The summed E-state index contributed by atoms with van der Waals surface area (Å²) < 4.78 is 11.5. The number of nitrogens with two attached hydrogens (primary N) is 1. The lowest BCUT2D eigenvalue weighted by atomic mass is 10.1. The van der Waals surface area contributed by atoms with Crippen molar-refractivity contribution >= 4 is 33.0 Å². The molecule has 4 heteroatoms. The fraction of sp³-hybridized carbons (Fsp3) is 0. The Morgan fingerprint density at radius 3 is 2.79 bits per heavy atom. The van der Waals surface area contributed by atoms with Gasteiger partial charge in [-0.3, -0.25) is 0 Å². The van der Waals surface area contributed by atoms with Gasteiger partial charge in [0, 0.05) is 21.7 Å². The zero-order valence-electron chi connectivity index (χ0n) is 7.24. The summed E-state index contributed by atoms with van der Waals surface area (Å²) in [5, 5.41) is 2.22. The molecule has 0 saturated heterocycles. The normalized spacial score (nSPS) is 19.8. The molecule has 0 aliphatic carbocycles. The van der Waals surface area contributed by atoms with Gasteiger partial charge in [-0.25, -0.2) is 4.21 Å². The Balaban J connectivity index is 2.52. The Hall–Kier alpha value is -1.06. The van der Waals surface area contributed by atoms with Crippen molar-refractivity contribution in [1.29, 1.82) is 0 Å². The third-order valence-corrected chi connectivity index (χ3v) is 3.38. The van der Waals surface area contributed by atoms with Crippen LogP contribution in [-0.4, -0.2) is 4.21 Å². The minimum absolute atomic E-state index is 0.595. The van der Waals surface area contributed by atoms with Gasteiger partial charge in [0.25, 0.3) is 0 Å². The van der Waals surface area contributed by atoms with Crippen molar-refractivity contribution in [3.63, 3.8) is 0 Å². The van der Waals surface area contributed by atoms with E-state index in [2.05, 4.69) is 0 Å². The lowest BCUT2D eigenvalue weighted by Crippen LogP contribution is -1.95. The molecular formula is C10H8ClNOS. The number of rotatable bonds is 1. The highest BCUT2D eigenvalue weighted by Crippen LogP contribution is 2.30. The van der Waals surface area contributed by atoms with E-state index in [9.17, 15) is 4.21 Å². The Kier molecular flexibility index (Phi) is 2.44. The second-order valence-corrected chi connectivity index (χ2v) is 4.63. The molecular weight excluding hydrogens is 218 g/mol. The third kappa shape index (κ3) is 1.61. The Bertz CT molecular complexity index is 465. The fourth-order valence-electron chi connectivity index (χ4n) is 1.28. The van der Waals surface area contributed by atoms with Gasteiger partial charge in [-0.1, -0.05) is 17.7 Å². The van der Waals surface area contributed by atoms with E-state index in [1.54, 1.807) is 35.8 Å². The van der Waals surface area contributed by atoms with Gasteiger partial charge < -0.3 is 5.73 Å². The van der Waals surface area contributed by atoms with Crippen molar-refractivity contribution in [2.24, 2.45) is 0 Å². The van der Waals surface area contributed by atoms with E-state index in [0.29, 0.717) is 15.6 Å². The number of allylic oxidation sites excluding steroid dienone is 2. The molecule has 1 aromatic rings. The van der Waals surface area contributed by atoms with Gasteiger partial charge >= 0.3 is 0 Å². The first-order valence-electron chi connectivity index (χ1n) is 4.03. The minimum Gasteiger partial charge on any atom is -0.398 e. The second kappa shape index (κ2) is 3.59. The van der Waals surface area contributed by atoms with Gasteiger partial charge in [-0.2, -0.15) is 0 Å². The molecule has 2 rings (SSSR count). The molecule has 1 aromatic carbocycles. The molecule has 0 aromatic heterocycles. The lowest BCUT2D eigenvalue weighted by molar-refractivity contribution is 0.694. The van der Waals surface area contributed by atoms with Crippen molar-refractivity contribution in [2.45, 2.75) is 0 Å². The van der Waals surface area contributed by atoms with Gasteiger partial charge in [-0.05, 0) is 24.3 Å². The minimum atomic E-state index is -1.09. The first kappa shape index (κ1) is 9.49. The van der Waals surface area contributed by atoms with Crippen LogP contribution in [0.4, 0.5) is 5.69 Å². The molecule has 0 fully saturated rings. The van der Waals surface area contributed by atoms with Gasteiger partial charge in [0.2, 0.25) is 0 Å². The van der Waals surface area contributed by atoms with E-state index >= 15 is 0 Å². The number of hydrogen-bond donors (Lipinski definition) is 1. The van der Waals surface area contributed by atoms with Crippen LogP contribution in [0, 0.1) is 0 Å². The smallest absolute Gasteiger partial charge is 0.0782 e. The van der Waals surface area contributed by atoms with Crippen LogP contribution in [0.5, 0.6) is 0 Å². The van der Waals surface area contributed by atoms with E-state index < -0.39 is 10.8 Å². The van der Waals surface area contributed by atoms with E-state index in [1.165, 1.54) is 0 Å². The summed E-state index contributed by atoms with van der Waals surface area (Å²) in [4.78, 5) is 0.713.